The van der Waals surface area contributed by atoms with Gasteiger partial charge in [0, 0.05) is 0 Å². The fourth-order valence-corrected chi connectivity index (χ4v) is 1.81. The summed E-state index contributed by atoms with van der Waals surface area (Å²) in [4.78, 5) is 0. The van der Waals surface area contributed by atoms with E-state index in [0.29, 0.717) is 0 Å². The van der Waals surface area contributed by atoms with Gasteiger partial charge in [0.1, 0.15) is 5.75 Å². The van der Waals surface area contributed by atoms with Crippen molar-refractivity contribution in [3.63, 3.8) is 0 Å². The topological polar surface area (TPSA) is 21.3 Å². The second kappa shape index (κ2) is 3.35. The van der Waals surface area contributed by atoms with Gasteiger partial charge in [-0.3, -0.25) is 0 Å². The third-order valence-corrected chi connectivity index (χ3v) is 2.57. The quantitative estimate of drug-likeness (QED) is 0.631. The number of ether oxygens (including phenoxy) is 1. The molecule has 0 saturated heterocycles. The van der Waals surface area contributed by atoms with Crippen LogP contribution in [0.25, 0.3) is 0 Å². The average molecular weight is 183 g/mol. The Balaban J connectivity index is 2.46. The summed E-state index contributed by atoms with van der Waals surface area (Å²) >= 11 is 0. The highest BCUT2D eigenvalue weighted by Crippen LogP contribution is 2.27. The summed E-state index contributed by atoms with van der Waals surface area (Å²) in [5.74, 6) is 0.849. The van der Waals surface area contributed by atoms with Gasteiger partial charge in [-0.25, -0.2) is 0 Å². The highest BCUT2D eigenvalue weighted by atomic mass is 16.5. The first-order valence-corrected chi connectivity index (χ1v) is 4.63. The van der Waals surface area contributed by atoms with Crippen molar-refractivity contribution >= 4 is 15.7 Å². The Kier molecular flexibility index (Phi) is 2.31. The molecule has 1 aromatic carbocycles. The van der Waals surface area contributed by atoms with Gasteiger partial charge in [-0.15, -0.1) is 0 Å². The Morgan fingerprint density at radius 2 is 2.21 bits per heavy atom. The molecule has 0 aliphatic carbocycles. The Labute approximate surface area is 86.9 Å². The van der Waals surface area contributed by atoms with E-state index in [1.165, 1.54) is 0 Å². The number of nitrogens with one attached hydrogen (secondary N) is 1. The van der Waals surface area contributed by atoms with Gasteiger partial charge >= 0.3 is 0 Å². The monoisotopic (exact) mass is 183 g/mol. The molecule has 0 amide bonds. The van der Waals surface area contributed by atoms with E-state index < -0.39 is 5.34 Å². The molecule has 0 unspecified atom stereocenters. The van der Waals surface area contributed by atoms with Gasteiger partial charge in [-0.1, -0.05) is 6.07 Å². The zero-order valence-electron chi connectivity index (χ0n) is 8.21. The summed E-state index contributed by atoms with van der Waals surface area (Å²) in [6.45, 7) is 0.799. The van der Waals surface area contributed by atoms with Crippen molar-refractivity contribution < 1.29 is 4.74 Å². The molecule has 4 heteroatoms. The predicted octanol–water partition coefficient (Wildman–Crippen LogP) is 0.288. The van der Waals surface area contributed by atoms with Crippen molar-refractivity contribution in [1.29, 1.82) is 0 Å². The maximum absolute atomic E-state index is 5.91. The first-order valence-electron chi connectivity index (χ1n) is 4.63. The summed E-state index contributed by atoms with van der Waals surface area (Å²) < 4.78 is 5.15. The van der Waals surface area contributed by atoms with E-state index in [1.54, 1.807) is 7.11 Å². The second-order valence-corrected chi connectivity index (χ2v) is 3.57. The minimum atomic E-state index is -0.903. The first kappa shape index (κ1) is 9.66. The largest absolute Gasteiger partial charge is 0.497 e. The Bertz CT molecular complexity index is 352. The van der Waals surface area contributed by atoms with Crippen LogP contribution in [0.5, 0.6) is 5.75 Å². The molecule has 4 radical (unpaired) electrons. The number of methoxy groups -OCH3 is 1. The minimum Gasteiger partial charge on any atom is -0.497 e. The molecule has 2 rings (SSSR count). The molecular formula is C10H11B2NO. The summed E-state index contributed by atoms with van der Waals surface area (Å²) in [5.41, 5.74) is 2.11. The molecule has 2 nitrogen and oxygen atoms in total. The average Bonchev–Trinajstić information content (AvgIpc) is 2.16. The molecule has 0 atom stereocenters. The van der Waals surface area contributed by atoms with Crippen molar-refractivity contribution in [2.75, 3.05) is 13.7 Å². The third kappa shape index (κ3) is 1.55. The fourth-order valence-electron chi connectivity index (χ4n) is 1.81. The molecule has 1 aliphatic heterocycles. The number of benzene rings is 1. The van der Waals surface area contributed by atoms with Gasteiger partial charge in [-0.05, 0) is 41.6 Å². The number of hydrogen-bond acceptors (Lipinski definition) is 2. The molecule has 0 spiro atoms. The summed E-state index contributed by atoms with van der Waals surface area (Å²) in [7, 11) is 13.5. The van der Waals surface area contributed by atoms with E-state index in [0.717, 1.165) is 29.8 Å². The molecule has 14 heavy (non-hydrogen) atoms. The van der Waals surface area contributed by atoms with E-state index in [9.17, 15) is 0 Å². The first-order chi connectivity index (χ1) is 6.63. The third-order valence-electron chi connectivity index (χ3n) is 2.57. The van der Waals surface area contributed by atoms with Crippen LogP contribution < -0.4 is 10.1 Å². The van der Waals surface area contributed by atoms with Gasteiger partial charge in [-0.2, -0.15) is 0 Å². The minimum absolute atomic E-state index is 0.799. The van der Waals surface area contributed by atoms with Gasteiger partial charge < -0.3 is 10.1 Å². The van der Waals surface area contributed by atoms with Gasteiger partial charge in [0.05, 0.1) is 22.8 Å². The van der Waals surface area contributed by atoms with Crippen molar-refractivity contribution in [2.45, 2.75) is 11.8 Å². The van der Waals surface area contributed by atoms with E-state index >= 15 is 0 Å². The van der Waals surface area contributed by atoms with Crippen molar-refractivity contribution in [1.82, 2.24) is 5.32 Å². The molecule has 0 saturated carbocycles. The molecule has 1 heterocycles. The van der Waals surface area contributed by atoms with Crippen LogP contribution in [-0.4, -0.2) is 29.3 Å². The summed E-state index contributed by atoms with van der Waals surface area (Å²) in [5, 5.41) is 2.16. The second-order valence-electron chi connectivity index (χ2n) is 3.57. The van der Waals surface area contributed by atoms with E-state index in [-0.39, 0.29) is 0 Å². The van der Waals surface area contributed by atoms with E-state index in [4.69, 9.17) is 20.4 Å². The smallest absolute Gasteiger partial charge is 0.119 e. The lowest BCUT2D eigenvalue weighted by Gasteiger charge is -2.35. The molecule has 0 aromatic heterocycles. The van der Waals surface area contributed by atoms with Gasteiger partial charge in [0.25, 0.3) is 0 Å². The molecular weight excluding hydrogens is 172 g/mol. The maximum atomic E-state index is 5.91. The Hall–Kier alpha value is -0.890. The standard InChI is InChI=1S/C10H11B2NO/c1-14-8-2-3-9-7(6-8)4-5-13-10(9,11)12/h2-3,6,13H,4-5H2,1H3. The molecule has 1 aliphatic rings. The van der Waals surface area contributed by atoms with Crippen LogP contribution >= 0.6 is 0 Å². The zero-order valence-corrected chi connectivity index (χ0v) is 8.21. The van der Waals surface area contributed by atoms with Gasteiger partial charge in [0.2, 0.25) is 0 Å². The molecule has 1 aromatic rings. The normalized spacial score (nSPS) is 18.6. The zero-order chi connectivity index (χ0) is 10.2. The number of fused-ring (bicyclic) bond motifs is 1. The van der Waals surface area contributed by atoms with Crippen LogP contribution in [0.1, 0.15) is 11.1 Å². The van der Waals surface area contributed by atoms with E-state index in [2.05, 4.69) is 5.32 Å². The lowest BCUT2D eigenvalue weighted by molar-refractivity contribution is 0.413. The van der Waals surface area contributed by atoms with Crippen LogP contribution in [0.3, 0.4) is 0 Å². The number of rotatable bonds is 1. The Morgan fingerprint density at radius 1 is 1.43 bits per heavy atom. The molecule has 68 valence electrons. The summed E-state index contributed by atoms with van der Waals surface area (Å²) in [6, 6.07) is 5.78. The SMILES string of the molecule is [B]C1([B])NCCc2cc(OC)ccc21. The molecule has 0 fully saturated rings. The fraction of sp³-hybridized carbons (Fsp3) is 0.400. The van der Waals surface area contributed by atoms with Gasteiger partial charge in [0.15, 0.2) is 0 Å². The predicted molar refractivity (Wildman–Crippen MR) is 57.9 cm³/mol. The van der Waals surface area contributed by atoms with Crippen LogP contribution in [0, 0.1) is 0 Å². The van der Waals surface area contributed by atoms with Crippen molar-refractivity contribution in [3.05, 3.63) is 29.3 Å². The van der Waals surface area contributed by atoms with Crippen LogP contribution in [0.15, 0.2) is 18.2 Å². The number of hydrogen-bond donors (Lipinski definition) is 1. The lowest BCUT2D eigenvalue weighted by Crippen LogP contribution is -2.48. The van der Waals surface area contributed by atoms with Crippen molar-refractivity contribution in [2.24, 2.45) is 0 Å². The van der Waals surface area contributed by atoms with Crippen molar-refractivity contribution in [3.8, 4) is 5.75 Å². The lowest BCUT2D eigenvalue weighted by atomic mass is 9.56. The molecule has 0 bridgehead atoms. The summed E-state index contributed by atoms with van der Waals surface area (Å²) in [6.07, 6.45) is 0.933. The van der Waals surface area contributed by atoms with Crippen LogP contribution in [0.2, 0.25) is 0 Å². The van der Waals surface area contributed by atoms with E-state index in [1.807, 2.05) is 18.2 Å². The highest BCUT2D eigenvalue weighted by molar-refractivity contribution is 6.40. The molecule has 1 N–H and O–H groups in total. The van der Waals surface area contributed by atoms with Crippen LogP contribution in [-0.2, 0) is 11.8 Å². The van der Waals surface area contributed by atoms with Crippen LogP contribution in [0.4, 0.5) is 0 Å². The highest BCUT2D eigenvalue weighted by Gasteiger charge is 2.25. The maximum Gasteiger partial charge on any atom is 0.119 e. The Morgan fingerprint density at radius 3 is 2.93 bits per heavy atom.